The summed E-state index contributed by atoms with van der Waals surface area (Å²) in [5.41, 5.74) is 2.55. The number of nitriles is 1. The van der Waals surface area contributed by atoms with Crippen LogP contribution in [-0.2, 0) is 15.0 Å². The Hall–Kier alpha value is -4.14. The van der Waals surface area contributed by atoms with E-state index in [9.17, 15) is 9.59 Å². The molecule has 0 aliphatic carbocycles. The van der Waals surface area contributed by atoms with Crippen molar-refractivity contribution < 1.29 is 14.3 Å². The van der Waals surface area contributed by atoms with Gasteiger partial charge in [-0.1, -0.05) is 49.7 Å². The number of ether oxygens (including phenoxy) is 1. The first-order chi connectivity index (χ1) is 15.2. The number of nitrogens with zero attached hydrogens (tertiary/aromatic N) is 2. The number of hydrogen-bond donors (Lipinski definition) is 2. The van der Waals surface area contributed by atoms with Crippen LogP contribution in [0.1, 0.15) is 37.9 Å². The van der Waals surface area contributed by atoms with Gasteiger partial charge in [-0.3, -0.25) is 9.59 Å². The minimum absolute atomic E-state index is 0.00301. The molecule has 0 bridgehead atoms. The van der Waals surface area contributed by atoms with Crippen LogP contribution >= 0.6 is 0 Å². The van der Waals surface area contributed by atoms with Crippen LogP contribution in [-0.4, -0.2) is 30.3 Å². The van der Waals surface area contributed by atoms with Crippen molar-refractivity contribution in [2.45, 2.75) is 32.2 Å². The van der Waals surface area contributed by atoms with Crippen LogP contribution in [0.15, 0.2) is 60.7 Å². The maximum atomic E-state index is 13.1. The van der Waals surface area contributed by atoms with E-state index >= 15 is 0 Å². The van der Waals surface area contributed by atoms with Gasteiger partial charge in [0, 0.05) is 17.8 Å². The Labute approximate surface area is 187 Å². The first-order valence-electron chi connectivity index (χ1n) is 10.1. The van der Waals surface area contributed by atoms with Crippen molar-refractivity contribution in [3.63, 3.8) is 0 Å². The fourth-order valence-electron chi connectivity index (χ4n) is 3.12. The number of nitrogens with one attached hydrogen (secondary N) is 2. The van der Waals surface area contributed by atoms with Gasteiger partial charge in [-0.15, -0.1) is 0 Å². The molecular weight excluding hydrogens is 404 g/mol. The average Bonchev–Trinajstić information content (AvgIpc) is 3.27. The monoisotopic (exact) mass is 429 g/mol. The largest absolute Gasteiger partial charge is 0.497 e. The molecule has 1 unspecified atom stereocenters. The number of hydrogen-bond acceptors (Lipinski definition) is 4. The Morgan fingerprint density at radius 1 is 1.03 bits per heavy atom. The molecule has 0 radical (unpaired) electrons. The van der Waals surface area contributed by atoms with Gasteiger partial charge in [0.1, 0.15) is 11.8 Å². The van der Waals surface area contributed by atoms with Crippen molar-refractivity contribution >= 4 is 28.9 Å². The second kappa shape index (κ2) is 9.34. The van der Waals surface area contributed by atoms with Crippen LogP contribution in [0.2, 0.25) is 0 Å². The summed E-state index contributed by atoms with van der Waals surface area (Å²) >= 11 is 0. The highest BCUT2D eigenvalue weighted by atomic mass is 16.5. The van der Waals surface area contributed by atoms with Crippen LogP contribution in [0.25, 0.3) is 0 Å². The third-order valence-corrected chi connectivity index (χ3v) is 4.99. The molecule has 162 valence electrons. The molecule has 32 heavy (non-hydrogen) atoms. The topological polar surface area (TPSA) is 105 Å². The highest BCUT2D eigenvalue weighted by Crippen LogP contribution is 2.24. The zero-order valence-corrected chi connectivity index (χ0v) is 18.5. The highest BCUT2D eigenvalue weighted by molar-refractivity contribution is 6.46. The number of carbonyl (C=O) groups excluding carboxylic acids is 2. The molecule has 2 N–H and O–H groups in total. The molecular formula is C25H25N4O3+. The molecule has 1 atom stereocenters. The van der Waals surface area contributed by atoms with E-state index in [1.807, 2.05) is 30.3 Å². The predicted molar refractivity (Wildman–Crippen MR) is 125 cm³/mol. The lowest BCUT2D eigenvalue weighted by atomic mass is 9.87. The second-order valence-electron chi connectivity index (χ2n) is 8.32. The summed E-state index contributed by atoms with van der Waals surface area (Å²) in [5, 5.41) is 14.5. The van der Waals surface area contributed by atoms with Gasteiger partial charge in [-0.2, -0.15) is 5.26 Å². The van der Waals surface area contributed by atoms with Gasteiger partial charge in [-0.25, -0.2) is 0 Å². The van der Waals surface area contributed by atoms with E-state index in [2.05, 4.69) is 36.1 Å². The molecule has 2 amide bonds. The van der Waals surface area contributed by atoms with Gasteiger partial charge < -0.3 is 15.4 Å². The van der Waals surface area contributed by atoms with Gasteiger partial charge in [0.05, 0.1) is 7.11 Å². The van der Waals surface area contributed by atoms with Crippen LogP contribution in [0.5, 0.6) is 5.75 Å². The van der Waals surface area contributed by atoms with Crippen molar-refractivity contribution in [1.82, 2.24) is 9.98 Å². The van der Waals surface area contributed by atoms with E-state index < -0.39 is 17.9 Å². The fourth-order valence-corrected chi connectivity index (χ4v) is 3.12. The number of carbonyl (C=O) groups is 2. The Morgan fingerprint density at radius 3 is 2.22 bits per heavy atom. The van der Waals surface area contributed by atoms with Crippen LogP contribution in [0.4, 0.5) is 5.69 Å². The van der Waals surface area contributed by atoms with E-state index in [1.165, 1.54) is 12.2 Å². The maximum Gasteiger partial charge on any atom is 0.404 e. The van der Waals surface area contributed by atoms with Gasteiger partial charge >= 0.3 is 17.3 Å². The molecule has 1 aliphatic heterocycles. The number of amides is 2. The van der Waals surface area contributed by atoms with E-state index in [4.69, 9.17) is 10.00 Å². The fraction of sp³-hybridized carbons (Fsp3) is 0.240. The minimum atomic E-state index is -0.974. The first kappa shape index (κ1) is 22.5. The second-order valence-corrected chi connectivity index (χ2v) is 8.32. The quantitative estimate of drug-likeness (QED) is 0.689. The Kier molecular flexibility index (Phi) is 6.58. The minimum Gasteiger partial charge on any atom is -0.497 e. The zero-order valence-electron chi connectivity index (χ0n) is 18.5. The van der Waals surface area contributed by atoms with Gasteiger partial charge in [0.25, 0.3) is 5.91 Å². The molecule has 0 spiro atoms. The lowest BCUT2D eigenvalue weighted by Crippen LogP contribution is -2.40. The number of benzene rings is 2. The van der Waals surface area contributed by atoms with Crippen molar-refractivity contribution in [3.8, 4) is 11.8 Å². The molecule has 7 heteroatoms. The van der Waals surface area contributed by atoms with E-state index in [1.54, 1.807) is 31.4 Å². The number of methoxy groups -OCH3 is 1. The summed E-state index contributed by atoms with van der Waals surface area (Å²) in [6.45, 7) is 6.35. The average molecular weight is 430 g/mol. The van der Waals surface area contributed by atoms with Gasteiger partial charge in [0.15, 0.2) is 6.07 Å². The molecule has 0 aromatic heterocycles. The zero-order chi connectivity index (χ0) is 23.3. The van der Waals surface area contributed by atoms with Gasteiger partial charge in [0.2, 0.25) is 0 Å². The van der Waals surface area contributed by atoms with Crippen molar-refractivity contribution in [2.75, 3.05) is 12.4 Å². The lowest BCUT2D eigenvalue weighted by molar-refractivity contribution is -0.123. The molecule has 3 rings (SSSR count). The SMILES string of the molecule is COc1ccc(C(NC(=O)C2=[N+]=C(C#N)C=C2)C(=O)Nc2ccc(C(C)(C)C)cc2)cc1. The Morgan fingerprint density at radius 2 is 1.69 bits per heavy atom. The van der Waals surface area contributed by atoms with Gasteiger partial charge in [-0.05, 0) is 40.8 Å². The number of allylic oxidation sites excluding steroid dienone is 1. The Balaban J connectivity index is 1.85. The first-order valence-corrected chi connectivity index (χ1v) is 10.1. The normalized spacial score (nSPS) is 13.5. The maximum absolute atomic E-state index is 13.1. The summed E-state index contributed by atoms with van der Waals surface area (Å²) < 4.78 is 9.13. The smallest absolute Gasteiger partial charge is 0.404 e. The number of rotatable bonds is 6. The van der Waals surface area contributed by atoms with E-state index in [0.29, 0.717) is 17.0 Å². The van der Waals surface area contributed by atoms with Crippen molar-refractivity contribution in [2.24, 2.45) is 0 Å². The van der Waals surface area contributed by atoms with Crippen LogP contribution in [0.3, 0.4) is 0 Å². The molecule has 1 heterocycles. The van der Waals surface area contributed by atoms with E-state index in [0.717, 1.165) is 5.56 Å². The van der Waals surface area contributed by atoms with E-state index in [-0.39, 0.29) is 16.8 Å². The number of anilines is 1. The van der Waals surface area contributed by atoms with Crippen molar-refractivity contribution in [3.05, 3.63) is 71.8 Å². The third kappa shape index (κ3) is 5.31. The third-order valence-electron chi connectivity index (χ3n) is 4.99. The summed E-state index contributed by atoms with van der Waals surface area (Å²) in [6, 6.07) is 15.4. The molecule has 0 saturated heterocycles. The summed E-state index contributed by atoms with van der Waals surface area (Å²) in [7, 11) is 1.55. The molecule has 0 fully saturated rings. The highest BCUT2D eigenvalue weighted by Gasteiger charge is 2.30. The molecule has 0 saturated carbocycles. The standard InChI is InChI=1S/C25H24N4O3/c1-25(2,3)17-7-9-18(10-8-17)28-24(31)22(16-5-12-20(32-4)13-6-16)29-23(30)21-14-11-19(15-26)27-21/h5-14,22H,1-4H3,(H-,28,29,30,31)/p+1. The summed E-state index contributed by atoms with van der Waals surface area (Å²) in [6.07, 6.45) is 2.90. The summed E-state index contributed by atoms with van der Waals surface area (Å²) in [5.74, 6) is -0.321. The Bertz CT molecular complexity index is 1160. The summed E-state index contributed by atoms with van der Waals surface area (Å²) in [4.78, 5) is 25.9. The molecule has 1 aliphatic rings. The molecule has 2 aromatic rings. The molecule has 7 nitrogen and oxygen atoms in total. The van der Waals surface area contributed by atoms with Crippen LogP contribution in [0, 0.1) is 11.3 Å². The van der Waals surface area contributed by atoms with Crippen molar-refractivity contribution in [1.29, 1.82) is 5.26 Å². The predicted octanol–water partition coefficient (Wildman–Crippen LogP) is 2.83. The van der Waals surface area contributed by atoms with Crippen LogP contribution < -0.4 is 20.0 Å². The lowest BCUT2D eigenvalue weighted by Gasteiger charge is -2.20. The molecule has 2 aromatic carbocycles.